The molecule has 4 rings (SSSR count). The van der Waals surface area contributed by atoms with Crippen molar-refractivity contribution in [3.63, 3.8) is 0 Å². The normalized spacial score (nSPS) is 13.7. The molecule has 0 bridgehead atoms. The summed E-state index contributed by atoms with van der Waals surface area (Å²) in [5.41, 5.74) is 3.42. The van der Waals surface area contributed by atoms with Gasteiger partial charge in [-0.25, -0.2) is 9.29 Å². The van der Waals surface area contributed by atoms with Gasteiger partial charge in [-0.15, -0.1) is 0 Å². The van der Waals surface area contributed by atoms with Crippen LogP contribution in [0.15, 0.2) is 72.4 Å². The van der Waals surface area contributed by atoms with Crippen molar-refractivity contribution in [2.75, 3.05) is 17.3 Å². The molecule has 1 N–H and O–H groups in total. The summed E-state index contributed by atoms with van der Waals surface area (Å²) in [4.78, 5) is 27.6. The number of para-hydroxylation sites is 1. The smallest absolute Gasteiger partial charge is 0.282 e. The molecule has 0 radical (unpaired) electrons. The van der Waals surface area contributed by atoms with Gasteiger partial charge in [0.25, 0.3) is 11.8 Å². The number of rotatable bonds is 5. The van der Waals surface area contributed by atoms with E-state index in [-0.39, 0.29) is 17.0 Å². The van der Waals surface area contributed by atoms with Gasteiger partial charge in [-0.05, 0) is 66.9 Å². The fraction of sp³-hybridized carbons (Fsp3) is 0.120. The van der Waals surface area contributed by atoms with E-state index in [0.717, 1.165) is 16.0 Å². The second-order valence-electron chi connectivity index (χ2n) is 7.38. The average molecular weight is 416 g/mol. The zero-order valence-corrected chi connectivity index (χ0v) is 17.4. The summed E-state index contributed by atoms with van der Waals surface area (Å²) in [6, 6.07) is 18.3. The lowest BCUT2D eigenvalue weighted by molar-refractivity contribution is -0.120. The molecule has 1 aliphatic heterocycles. The highest BCUT2D eigenvalue weighted by atomic mass is 19.1. The molecule has 0 spiro atoms. The first kappa shape index (κ1) is 20.3. The van der Waals surface area contributed by atoms with Gasteiger partial charge in [0, 0.05) is 5.69 Å². The van der Waals surface area contributed by atoms with Gasteiger partial charge in [-0.1, -0.05) is 30.3 Å². The van der Waals surface area contributed by atoms with Gasteiger partial charge in [0.1, 0.15) is 17.3 Å². The van der Waals surface area contributed by atoms with E-state index in [1.54, 1.807) is 37.4 Å². The summed E-state index contributed by atoms with van der Waals surface area (Å²) in [5.74, 6) is -1.23. The number of amides is 2. The number of nitrogens with zero attached hydrogens (tertiary/aromatic N) is 1. The van der Waals surface area contributed by atoms with Crippen LogP contribution in [0.2, 0.25) is 0 Å². The molecule has 0 unspecified atom stereocenters. The van der Waals surface area contributed by atoms with E-state index < -0.39 is 17.6 Å². The molecule has 0 atom stereocenters. The van der Waals surface area contributed by atoms with Crippen LogP contribution in [0.25, 0.3) is 5.57 Å². The highest BCUT2D eigenvalue weighted by Crippen LogP contribution is 2.35. The zero-order valence-electron chi connectivity index (χ0n) is 17.4. The maximum Gasteiger partial charge on any atom is 0.282 e. The van der Waals surface area contributed by atoms with Crippen LogP contribution in [0.3, 0.4) is 0 Å². The molecule has 3 aromatic rings. The van der Waals surface area contributed by atoms with E-state index in [0.29, 0.717) is 17.0 Å². The largest absolute Gasteiger partial charge is 0.497 e. The number of aryl methyl sites for hydroxylation is 2. The van der Waals surface area contributed by atoms with E-state index in [1.165, 1.54) is 18.2 Å². The van der Waals surface area contributed by atoms with Crippen LogP contribution in [-0.4, -0.2) is 18.9 Å². The van der Waals surface area contributed by atoms with Crippen LogP contribution in [0, 0.1) is 19.7 Å². The van der Waals surface area contributed by atoms with Gasteiger partial charge in [-0.3, -0.25) is 9.59 Å². The number of nitrogens with one attached hydrogen (secondary N) is 1. The standard InChI is InChI=1S/C25H21FN2O3/c1-15-12-16(2)14-18(13-15)27-23-22(17-8-10-19(31-3)11-9-17)24(29)28(25(23)30)21-7-5-4-6-20(21)26/h4-14,27H,1-3H3. The number of benzene rings is 3. The van der Waals surface area contributed by atoms with Crippen molar-refractivity contribution in [1.82, 2.24) is 0 Å². The van der Waals surface area contributed by atoms with Crippen molar-refractivity contribution >= 4 is 28.8 Å². The van der Waals surface area contributed by atoms with E-state index in [9.17, 15) is 14.0 Å². The van der Waals surface area contributed by atoms with Crippen molar-refractivity contribution in [3.05, 3.63) is 94.9 Å². The highest BCUT2D eigenvalue weighted by Gasteiger charge is 2.41. The third kappa shape index (κ3) is 3.80. The summed E-state index contributed by atoms with van der Waals surface area (Å²) in [5, 5.41) is 3.11. The zero-order chi connectivity index (χ0) is 22.1. The lowest BCUT2D eigenvalue weighted by Crippen LogP contribution is -2.33. The molecule has 0 saturated carbocycles. The van der Waals surface area contributed by atoms with Crippen LogP contribution < -0.4 is 15.0 Å². The second kappa shape index (κ2) is 8.07. The van der Waals surface area contributed by atoms with Crippen LogP contribution in [0.5, 0.6) is 5.75 Å². The molecule has 5 nitrogen and oxygen atoms in total. The topological polar surface area (TPSA) is 58.6 Å². The molecule has 0 saturated heterocycles. The SMILES string of the molecule is COc1ccc(C2=C(Nc3cc(C)cc(C)c3)C(=O)N(c3ccccc3F)C2=O)cc1. The Morgan fingerprint density at radius 2 is 1.52 bits per heavy atom. The monoisotopic (exact) mass is 416 g/mol. The van der Waals surface area contributed by atoms with Crippen LogP contribution >= 0.6 is 0 Å². The number of anilines is 2. The molecule has 156 valence electrons. The summed E-state index contributed by atoms with van der Waals surface area (Å²) in [6.45, 7) is 3.90. The Morgan fingerprint density at radius 3 is 2.13 bits per heavy atom. The van der Waals surface area contributed by atoms with Gasteiger partial charge in [0.2, 0.25) is 0 Å². The average Bonchev–Trinajstić information content (AvgIpc) is 2.97. The number of ether oxygens (including phenoxy) is 1. The molecule has 1 aliphatic rings. The van der Waals surface area contributed by atoms with E-state index in [1.807, 2.05) is 32.0 Å². The highest BCUT2D eigenvalue weighted by molar-refractivity contribution is 6.46. The number of methoxy groups -OCH3 is 1. The number of imide groups is 1. The number of hydrogen-bond donors (Lipinski definition) is 1. The Bertz CT molecular complexity index is 1200. The first-order valence-corrected chi connectivity index (χ1v) is 9.76. The minimum absolute atomic E-state index is 0.0827. The molecule has 6 heteroatoms. The Balaban J connectivity index is 1.85. The number of hydrogen-bond acceptors (Lipinski definition) is 4. The summed E-state index contributed by atoms with van der Waals surface area (Å²) >= 11 is 0. The molecule has 0 fully saturated rings. The second-order valence-corrected chi connectivity index (χ2v) is 7.38. The predicted octanol–water partition coefficient (Wildman–Crippen LogP) is 4.85. The summed E-state index contributed by atoms with van der Waals surface area (Å²) in [7, 11) is 1.55. The summed E-state index contributed by atoms with van der Waals surface area (Å²) < 4.78 is 19.7. The fourth-order valence-electron chi connectivity index (χ4n) is 3.71. The summed E-state index contributed by atoms with van der Waals surface area (Å²) in [6.07, 6.45) is 0. The van der Waals surface area contributed by atoms with E-state index in [4.69, 9.17) is 4.74 Å². The molecule has 1 heterocycles. The maximum absolute atomic E-state index is 14.5. The molecular formula is C25H21FN2O3. The Morgan fingerprint density at radius 1 is 0.871 bits per heavy atom. The van der Waals surface area contributed by atoms with Crippen molar-refractivity contribution in [2.45, 2.75) is 13.8 Å². The Labute approximate surface area is 179 Å². The number of halogens is 1. The quantitative estimate of drug-likeness (QED) is 0.604. The third-order valence-corrected chi connectivity index (χ3v) is 5.05. The van der Waals surface area contributed by atoms with Crippen molar-refractivity contribution in [2.24, 2.45) is 0 Å². The van der Waals surface area contributed by atoms with Crippen LogP contribution in [0.4, 0.5) is 15.8 Å². The Kier molecular flexibility index (Phi) is 5.29. The van der Waals surface area contributed by atoms with E-state index in [2.05, 4.69) is 5.32 Å². The lowest BCUT2D eigenvalue weighted by Gasteiger charge is -2.16. The Hall–Kier alpha value is -3.93. The van der Waals surface area contributed by atoms with Gasteiger partial charge in [0.05, 0.1) is 18.4 Å². The molecule has 0 aliphatic carbocycles. The third-order valence-electron chi connectivity index (χ3n) is 5.05. The van der Waals surface area contributed by atoms with Gasteiger partial charge >= 0.3 is 0 Å². The molecule has 2 amide bonds. The van der Waals surface area contributed by atoms with Gasteiger partial charge in [-0.2, -0.15) is 0 Å². The minimum Gasteiger partial charge on any atom is -0.497 e. The predicted molar refractivity (Wildman–Crippen MR) is 118 cm³/mol. The van der Waals surface area contributed by atoms with E-state index >= 15 is 0 Å². The van der Waals surface area contributed by atoms with Gasteiger partial charge in [0.15, 0.2) is 0 Å². The lowest BCUT2D eigenvalue weighted by atomic mass is 10.0. The molecule has 0 aromatic heterocycles. The minimum atomic E-state index is -0.647. The van der Waals surface area contributed by atoms with Crippen LogP contribution in [-0.2, 0) is 9.59 Å². The van der Waals surface area contributed by atoms with Crippen LogP contribution in [0.1, 0.15) is 16.7 Å². The van der Waals surface area contributed by atoms with Gasteiger partial charge < -0.3 is 10.1 Å². The molecule has 31 heavy (non-hydrogen) atoms. The maximum atomic E-state index is 14.5. The first-order chi connectivity index (χ1) is 14.9. The molecular weight excluding hydrogens is 395 g/mol. The number of carbonyl (C=O) groups excluding carboxylic acids is 2. The molecule has 3 aromatic carbocycles. The van der Waals surface area contributed by atoms with Crippen molar-refractivity contribution in [1.29, 1.82) is 0 Å². The fourth-order valence-corrected chi connectivity index (χ4v) is 3.71. The first-order valence-electron chi connectivity index (χ1n) is 9.76. The van der Waals surface area contributed by atoms with Crippen molar-refractivity contribution in [3.8, 4) is 5.75 Å². The van der Waals surface area contributed by atoms with Crippen molar-refractivity contribution < 1.29 is 18.7 Å². The number of carbonyl (C=O) groups is 2.